The highest BCUT2D eigenvalue weighted by Crippen LogP contribution is 2.54. The van der Waals surface area contributed by atoms with Crippen molar-refractivity contribution in [3.63, 3.8) is 0 Å². The van der Waals surface area contributed by atoms with Gasteiger partial charge in [0.2, 0.25) is 5.76 Å². The Balaban J connectivity index is 2.15. The van der Waals surface area contributed by atoms with Crippen LogP contribution in [0.15, 0.2) is 36.1 Å². The Morgan fingerprint density at radius 3 is 2.50 bits per heavy atom. The maximum Gasteiger partial charge on any atom is 0.373 e. The molecule has 0 aromatic heterocycles. The summed E-state index contributed by atoms with van der Waals surface area (Å²) in [5, 5.41) is 0. The van der Waals surface area contributed by atoms with E-state index in [0.717, 1.165) is 0 Å². The number of carbonyl (C=O) groups is 3. The molecule has 0 amide bonds. The number of halogens is 1. The second-order valence-corrected chi connectivity index (χ2v) is 6.43. The predicted molar refractivity (Wildman–Crippen MR) is 87.2 cm³/mol. The van der Waals surface area contributed by atoms with Crippen LogP contribution in [0.25, 0.3) is 0 Å². The molecule has 0 radical (unpaired) electrons. The zero-order valence-corrected chi connectivity index (χ0v) is 14.5. The van der Waals surface area contributed by atoms with Crippen molar-refractivity contribution < 1.29 is 33.0 Å². The van der Waals surface area contributed by atoms with Gasteiger partial charge in [0, 0.05) is 19.3 Å². The van der Waals surface area contributed by atoms with E-state index in [-0.39, 0.29) is 11.5 Å². The highest BCUT2D eigenvalue weighted by atomic mass is 19.1. The summed E-state index contributed by atoms with van der Waals surface area (Å²) < 4.78 is 28.9. The molecule has 26 heavy (non-hydrogen) atoms. The van der Waals surface area contributed by atoms with E-state index in [9.17, 15) is 18.8 Å². The van der Waals surface area contributed by atoms with Crippen molar-refractivity contribution in [3.8, 4) is 0 Å². The summed E-state index contributed by atoms with van der Waals surface area (Å²) in [5.41, 5.74) is -0.524. The van der Waals surface area contributed by atoms with Crippen molar-refractivity contribution in [1.82, 2.24) is 0 Å². The van der Waals surface area contributed by atoms with Crippen LogP contribution in [-0.4, -0.2) is 31.1 Å². The van der Waals surface area contributed by atoms with Gasteiger partial charge in [0.15, 0.2) is 0 Å². The lowest BCUT2D eigenvalue weighted by molar-refractivity contribution is -0.207. The quantitative estimate of drug-likeness (QED) is 0.769. The Labute approximate surface area is 149 Å². The zero-order valence-electron chi connectivity index (χ0n) is 14.5. The van der Waals surface area contributed by atoms with E-state index in [1.165, 1.54) is 32.2 Å². The minimum absolute atomic E-state index is 0.113. The summed E-state index contributed by atoms with van der Waals surface area (Å²) in [6.07, 6.45) is 1.61. The van der Waals surface area contributed by atoms with E-state index in [2.05, 4.69) is 0 Å². The lowest BCUT2D eigenvalue weighted by atomic mass is 9.68. The number of ketones is 1. The number of allylic oxidation sites excluding steroid dienone is 1. The van der Waals surface area contributed by atoms with Gasteiger partial charge in [0.25, 0.3) is 6.29 Å². The van der Waals surface area contributed by atoms with Crippen LogP contribution in [0.5, 0.6) is 0 Å². The summed E-state index contributed by atoms with van der Waals surface area (Å²) >= 11 is 0. The van der Waals surface area contributed by atoms with Crippen molar-refractivity contribution in [2.24, 2.45) is 5.41 Å². The monoisotopic (exact) mass is 362 g/mol. The number of rotatable bonds is 3. The molecule has 1 fully saturated rings. The summed E-state index contributed by atoms with van der Waals surface area (Å²) in [6, 6.07) is 5.67. The SMILES string of the molecule is COC(=O)C1=C[C@@H](c2ccc(F)cc2)[C@@]2(CCCC2=O)C(OC(C)=O)O1. The van der Waals surface area contributed by atoms with E-state index in [0.29, 0.717) is 24.8 Å². The van der Waals surface area contributed by atoms with Crippen molar-refractivity contribution in [2.45, 2.75) is 38.4 Å². The molecular weight excluding hydrogens is 343 g/mol. The van der Waals surface area contributed by atoms with Gasteiger partial charge >= 0.3 is 11.9 Å². The van der Waals surface area contributed by atoms with Gasteiger partial charge in [-0.15, -0.1) is 0 Å². The van der Waals surface area contributed by atoms with Gasteiger partial charge in [-0.1, -0.05) is 12.1 Å². The molecule has 1 spiro atoms. The summed E-state index contributed by atoms with van der Waals surface area (Å²) in [4.78, 5) is 36.5. The molecule has 1 unspecified atom stereocenters. The topological polar surface area (TPSA) is 78.9 Å². The first-order chi connectivity index (χ1) is 12.4. The lowest BCUT2D eigenvalue weighted by Crippen LogP contribution is -2.50. The lowest BCUT2D eigenvalue weighted by Gasteiger charge is -2.43. The van der Waals surface area contributed by atoms with E-state index in [1.807, 2.05) is 0 Å². The van der Waals surface area contributed by atoms with E-state index < -0.39 is 35.4 Å². The number of methoxy groups -OCH3 is 1. The first-order valence-corrected chi connectivity index (χ1v) is 8.31. The highest BCUT2D eigenvalue weighted by Gasteiger charge is 2.59. The van der Waals surface area contributed by atoms with Crippen LogP contribution in [0.4, 0.5) is 4.39 Å². The summed E-state index contributed by atoms with van der Waals surface area (Å²) in [5.74, 6) is -2.64. The van der Waals surface area contributed by atoms with Crippen LogP contribution < -0.4 is 0 Å². The Bertz CT molecular complexity index is 769. The standard InChI is InChI=1S/C19H19FO6/c1-11(21)25-18-19(9-3-4-16(19)22)14(10-15(26-18)17(23)24-2)12-5-7-13(20)8-6-12/h5-8,10,14,18H,3-4,9H2,1-2H3/t14-,18?,19+/m0/s1. The third-order valence-corrected chi connectivity index (χ3v) is 4.93. The molecule has 1 heterocycles. The van der Waals surface area contributed by atoms with Crippen LogP contribution in [0.1, 0.15) is 37.7 Å². The second kappa shape index (κ2) is 6.90. The predicted octanol–water partition coefficient (Wildman–Crippen LogP) is 2.63. The normalized spacial score (nSPS) is 27.7. The molecule has 138 valence electrons. The minimum atomic E-state index is -1.25. The third kappa shape index (κ3) is 2.98. The maximum atomic E-state index is 13.4. The Morgan fingerprint density at radius 2 is 1.96 bits per heavy atom. The number of hydrogen-bond acceptors (Lipinski definition) is 6. The van der Waals surface area contributed by atoms with Crippen LogP contribution in [-0.2, 0) is 28.6 Å². The molecule has 6 nitrogen and oxygen atoms in total. The average Bonchev–Trinajstić information content (AvgIpc) is 2.98. The van der Waals surface area contributed by atoms with Gasteiger partial charge in [0.1, 0.15) is 17.0 Å². The van der Waals surface area contributed by atoms with Crippen LogP contribution in [0, 0.1) is 11.2 Å². The zero-order chi connectivity index (χ0) is 18.9. The van der Waals surface area contributed by atoms with Crippen molar-refractivity contribution in [3.05, 3.63) is 47.5 Å². The van der Waals surface area contributed by atoms with Crippen LogP contribution in [0.2, 0.25) is 0 Å². The number of esters is 2. The van der Waals surface area contributed by atoms with Crippen molar-refractivity contribution in [2.75, 3.05) is 7.11 Å². The molecule has 3 rings (SSSR count). The first-order valence-electron chi connectivity index (χ1n) is 8.31. The average molecular weight is 362 g/mol. The first kappa shape index (κ1) is 18.1. The number of Topliss-reactive ketones (excluding diaryl/α,β-unsaturated/α-hetero) is 1. The molecule has 0 saturated heterocycles. The van der Waals surface area contributed by atoms with Gasteiger partial charge in [0.05, 0.1) is 7.11 Å². The Hall–Kier alpha value is -2.70. The molecule has 1 aliphatic heterocycles. The van der Waals surface area contributed by atoms with Crippen LogP contribution in [0.3, 0.4) is 0 Å². The van der Waals surface area contributed by atoms with Gasteiger partial charge in [-0.3, -0.25) is 9.59 Å². The molecule has 3 atom stereocenters. The fraction of sp³-hybridized carbons (Fsp3) is 0.421. The number of carbonyl (C=O) groups excluding carboxylic acids is 3. The summed E-state index contributed by atoms with van der Waals surface area (Å²) in [6.45, 7) is 1.21. The fourth-order valence-electron chi connectivity index (χ4n) is 3.76. The molecule has 2 aliphatic rings. The number of benzene rings is 1. The Kier molecular flexibility index (Phi) is 4.80. The molecule has 1 aliphatic carbocycles. The second-order valence-electron chi connectivity index (χ2n) is 6.43. The maximum absolute atomic E-state index is 13.4. The molecule has 7 heteroatoms. The molecule has 1 saturated carbocycles. The highest BCUT2D eigenvalue weighted by molar-refractivity contribution is 5.91. The van der Waals surface area contributed by atoms with Crippen LogP contribution >= 0.6 is 0 Å². The molecule has 0 bridgehead atoms. The Morgan fingerprint density at radius 1 is 1.27 bits per heavy atom. The largest absolute Gasteiger partial charge is 0.463 e. The minimum Gasteiger partial charge on any atom is -0.463 e. The van der Waals surface area contributed by atoms with Crippen molar-refractivity contribution >= 4 is 17.7 Å². The van der Waals surface area contributed by atoms with Gasteiger partial charge < -0.3 is 14.2 Å². The van der Waals surface area contributed by atoms with Gasteiger partial charge in [-0.2, -0.15) is 0 Å². The van der Waals surface area contributed by atoms with E-state index in [1.54, 1.807) is 12.1 Å². The smallest absolute Gasteiger partial charge is 0.373 e. The molecule has 0 N–H and O–H groups in total. The third-order valence-electron chi connectivity index (χ3n) is 4.93. The molecule has 1 aromatic rings. The van der Waals surface area contributed by atoms with Gasteiger partial charge in [-0.25, -0.2) is 9.18 Å². The number of hydrogen-bond donors (Lipinski definition) is 0. The van der Waals surface area contributed by atoms with E-state index in [4.69, 9.17) is 14.2 Å². The van der Waals surface area contributed by atoms with Crippen molar-refractivity contribution in [1.29, 1.82) is 0 Å². The fourth-order valence-corrected chi connectivity index (χ4v) is 3.76. The molecular formula is C19H19FO6. The van der Waals surface area contributed by atoms with Gasteiger partial charge in [-0.05, 0) is 36.6 Å². The number of ether oxygens (including phenoxy) is 3. The molecule has 1 aromatic carbocycles. The summed E-state index contributed by atoms with van der Waals surface area (Å²) in [7, 11) is 1.20. The van der Waals surface area contributed by atoms with E-state index >= 15 is 0 Å².